The maximum absolute atomic E-state index is 12.7. The number of ether oxygens (including phenoxy) is 2. The minimum Gasteiger partial charge on any atom is -0.462 e. The molecule has 0 fully saturated rings. The van der Waals surface area contributed by atoms with Gasteiger partial charge in [0, 0.05) is 12.8 Å². The molecule has 1 unspecified atom stereocenters. The average molecular weight is 861 g/mol. The van der Waals surface area contributed by atoms with Crippen LogP contribution in [-0.4, -0.2) is 65.7 Å². The van der Waals surface area contributed by atoms with Crippen LogP contribution in [0.1, 0.15) is 245 Å². The first-order valence-corrected chi connectivity index (χ1v) is 26.1. The van der Waals surface area contributed by atoms with E-state index in [2.05, 4.69) is 26.0 Å². The SMILES string of the molecule is CCCCCCCC/C=C/CCCCCCCCCCCC(=O)OC[C@H](COP(=O)(O)OC[C@@H](O)CO)OC(=O)CCCCCCCCCCCCCCCCCCC. The smallest absolute Gasteiger partial charge is 0.462 e. The summed E-state index contributed by atoms with van der Waals surface area (Å²) in [7, 11) is -4.62. The van der Waals surface area contributed by atoms with Crippen molar-refractivity contribution in [1.82, 2.24) is 0 Å². The Morgan fingerprint density at radius 1 is 0.492 bits per heavy atom. The number of rotatable bonds is 47. The number of hydrogen-bond acceptors (Lipinski definition) is 9. The van der Waals surface area contributed by atoms with Crippen molar-refractivity contribution in [2.24, 2.45) is 0 Å². The molecule has 350 valence electrons. The number of allylic oxidation sites excluding steroid dienone is 2. The van der Waals surface area contributed by atoms with E-state index < -0.39 is 51.8 Å². The lowest BCUT2D eigenvalue weighted by atomic mass is 10.0. The fourth-order valence-corrected chi connectivity index (χ4v) is 7.90. The van der Waals surface area contributed by atoms with Gasteiger partial charge in [-0.2, -0.15) is 0 Å². The topological polar surface area (TPSA) is 149 Å². The maximum Gasteiger partial charge on any atom is 0.472 e. The summed E-state index contributed by atoms with van der Waals surface area (Å²) in [5.74, 6) is -0.912. The van der Waals surface area contributed by atoms with E-state index in [0.717, 1.165) is 38.5 Å². The molecule has 0 spiro atoms. The predicted molar refractivity (Wildman–Crippen MR) is 242 cm³/mol. The third-order valence-electron chi connectivity index (χ3n) is 10.9. The van der Waals surface area contributed by atoms with Crippen LogP contribution in [0.5, 0.6) is 0 Å². The van der Waals surface area contributed by atoms with E-state index in [4.69, 9.17) is 23.6 Å². The monoisotopic (exact) mass is 861 g/mol. The van der Waals surface area contributed by atoms with Crippen LogP contribution in [-0.2, 0) is 32.7 Å². The standard InChI is InChI=1S/C48H93O10P/c1-3-5-7-9-11-13-15-17-19-21-22-24-25-27-29-31-33-35-37-39-47(51)55-43-46(44-57-59(53,54)56-42-45(50)41-49)58-48(52)40-38-36-34-32-30-28-26-23-20-18-16-14-12-10-8-6-4-2/h17,19,45-46,49-50H,3-16,18,20-44H2,1-2H3,(H,53,54)/b19-17+/t45-,46+/m0/s1. The van der Waals surface area contributed by atoms with Crippen LogP contribution in [0, 0.1) is 0 Å². The molecule has 0 amide bonds. The predicted octanol–water partition coefficient (Wildman–Crippen LogP) is 13.6. The van der Waals surface area contributed by atoms with Crippen molar-refractivity contribution in [2.45, 2.75) is 257 Å². The van der Waals surface area contributed by atoms with Crippen LogP contribution in [0.25, 0.3) is 0 Å². The molecule has 10 nitrogen and oxygen atoms in total. The Bertz CT molecular complexity index is 993. The molecule has 0 aliphatic rings. The molecule has 59 heavy (non-hydrogen) atoms. The largest absolute Gasteiger partial charge is 0.472 e. The second-order valence-corrected chi connectivity index (χ2v) is 18.3. The molecular formula is C48H93O10P. The van der Waals surface area contributed by atoms with E-state index in [1.807, 2.05) is 0 Å². The first-order chi connectivity index (χ1) is 28.7. The third-order valence-corrected chi connectivity index (χ3v) is 11.9. The molecule has 0 aliphatic carbocycles. The number of esters is 2. The molecule has 0 saturated heterocycles. The van der Waals surface area contributed by atoms with Crippen LogP contribution >= 0.6 is 7.82 Å². The maximum atomic E-state index is 12.7. The van der Waals surface area contributed by atoms with E-state index in [1.54, 1.807) is 0 Å². The normalized spacial score (nSPS) is 13.8. The average Bonchev–Trinajstić information content (AvgIpc) is 3.22. The van der Waals surface area contributed by atoms with Gasteiger partial charge in [0.1, 0.15) is 12.7 Å². The number of phosphoric acid groups is 1. The highest BCUT2D eigenvalue weighted by molar-refractivity contribution is 7.47. The number of aliphatic hydroxyl groups excluding tert-OH is 2. The zero-order valence-electron chi connectivity index (χ0n) is 38.2. The first kappa shape index (κ1) is 57.7. The van der Waals surface area contributed by atoms with Gasteiger partial charge in [-0.25, -0.2) is 4.57 Å². The van der Waals surface area contributed by atoms with Crippen LogP contribution in [0.2, 0.25) is 0 Å². The lowest BCUT2D eigenvalue weighted by molar-refractivity contribution is -0.161. The van der Waals surface area contributed by atoms with Crippen molar-refractivity contribution in [1.29, 1.82) is 0 Å². The van der Waals surface area contributed by atoms with Crippen molar-refractivity contribution in [3.05, 3.63) is 12.2 Å². The summed E-state index contributed by atoms with van der Waals surface area (Å²) in [4.78, 5) is 35.1. The van der Waals surface area contributed by atoms with Crippen molar-refractivity contribution < 1.29 is 47.8 Å². The highest BCUT2D eigenvalue weighted by Crippen LogP contribution is 2.43. The van der Waals surface area contributed by atoms with Crippen molar-refractivity contribution in [3.63, 3.8) is 0 Å². The molecular weight excluding hydrogens is 767 g/mol. The third kappa shape index (κ3) is 44.6. The minimum absolute atomic E-state index is 0.190. The molecule has 0 aliphatic heterocycles. The first-order valence-electron chi connectivity index (χ1n) is 24.6. The minimum atomic E-state index is -4.62. The lowest BCUT2D eigenvalue weighted by Gasteiger charge is -2.20. The molecule has 0 aromatic carbocycles. The summed E-state index contributed by atoms with van der Waals surface area (Å²) in [5, 5.41) is 18.4. The Balaban J connectivity index is 4.17. The van der Waals surface area contributed by atoms with E-state index >= 15 is 0 Å². The van der Waals surface area contributed by atoms with Gasteiger partial charge in [0.15, 0.2) is 6.10 Å². The molecule has 3 atom stereocenters. The molecule has 0 heterocycles. The van der Waals surface area contributed by atoms with Gasteiger partial charge in [0.2, 0.25) is 0 Å². The van der Waals surface area contributed by atoms with Crippen LogP contribution in [0.3, 0.4) is 0 Å². The van der Waals surface area contributed by atoms with E-state index in [1.165, 1.54) is 167 Å². The van der Waals surface area contributed by atoms with Gasteiger partial charge in [-0.15, -0.1) is 0 Å². The van der Waals surface area contributed by atoms with Crippen molar-refractivity contribution in [2.75, 3.05) is 26.4 Å². The second kappa shape index (κ2) is 44.8. The number of carbonyl (C=O) groups excluding carboxylic acids is 2. The number of carbonyl (C=O) groups is 2. The highest BCUT2D eigenvalue weighted by atomic mass is 31.2. The summed E-state index contributed by atoms with van der Waals surface area (Å²) in [6.07, 6.45) is 44.6. The Morgan fingerprint density at radius 3 is 1.22 bits per heavy atom. The number of hydrogen-bond donors (Lipinski definition) is 3. The van der Waals surface area contributed by atoms with Gasteiger partial charge in [-0.1, -0.05) is 206 Å². The molecule has 0 rings (SSSR count). The number of aliphatic hydroxyl groups is 2. The molecule has 0 saturated carbocycles. The van der Waals surface area contributed by atoms with Crippen LogP contribution in [0.4, 0.5) is 0 Å². The van der Waals surface area contributed by atoms with Crippen molar-refractivity contribution >= 4 is 19.8 Å². The Labute approximate surface area is 362 Å². The summed E-state index contributed by atoms with van der Waals surface area (Å²) in [6, 6.07) is 0. The Morgan fingerprint density at radius 2 is 0.831 bits per heavy atom. The Hall–Kier alpha value is -1.29. The van der Waals surface area contributed by atoms with Gasteiger partial charge in [0.25, 0.3) is 0 Å². The molecule has 0 aromatic heterocycles. The van der Waals surface area contributed by atoms with E-state index in [-0.39, 0.29) is 19.4 Å². The second-order valence-electron chi connectivity index (χ2n) is 16.8. The molecule has 0 bridgehead atoms. The Kier molecular flexibility index (Phi) is 43.8. The molecule has 0 aromatic rings. The van der Waals surface area contributed by atoms with Gasteiger partial charge >= 0.3 is 19.8 Å². The summed E-state index contributed by atoms with van der Waals surface area (Å²) in [5.41, 5.74) is 0. The fourth-order valence-electron chi connectivity index (χ4n) is 7.11. The zero-order chi connectivity index (χ0) is 43.3. The number of phosphoric ester groups is 1. The van der Waals surface area contributed by atoms with E-state index in [0.29, 0.717) is 12.8 Å². The highest BCUT2D eigenvalue weighted by Gasteiger charge is 2.27. The number of unbranched alkanes of at least 4 members (excludes halogenated alkanes) is 31. The van der Waals surface area contributed by atoms with Gasteiger partial charge in [-0.05, 0) is 38.5 Å². The summed E-state index contributed by atoms with van der Waals surface area (Å²) >= 11 is 0. The summed E-state index contributed by atoms with van der Waals surface area (Å²) in [6.45, 7) is 2.43. The van der Waals surface area contributed by atoms with Gasteiger partial charge < -0.3 is 24.6 Å². The van der Waals surface area contributed by atoms with Crippen molar-refractivity contribution in [3.8, 4) is 0 Å². The lowest BCUT2D eigenvalue weighted by Crippen LogP contribution is -2.29. The van der Waals surface area contributed by atoms with Crippen LogP contribution < -0.4 is 0 Å². The van der Waals surface area contributed by atoms with Crippen LogP contribution in [0.15, 0.2) is 12.2 Å². The zero-order valence-corrected chi connectivity index (χ0v) is 39.1. The molecule has 3 N–H and O–H groups in total. The molecule has 11 heteroatoms. The quantitative estimate of drug-likeness (QED) is 0.0234. The van der Waals surface area contributed by atoms with Gasteiger partial charge in [0.05, 0.1) is 19.8 Å². The fraction of sp³-hybridized carbons (Fsp3) is 0.917. The molecule has 0 radical (unpaired) electrons. The van der Waals surface area contributed by atoms with Gasteiger partial charge in [-0.3, -0.25) is 18.6 Å². The summed E-state index contributed by atoms with van der Waals surface area (Å²) < 4.78 is 32.8. The van der Waals surface area contributed by atoms with E-state index in [9.17, 15) is 24.2 Å².